The zero-order valence-corrected chi connectivity index (χ0v) is 29.5. The molecule has 0 aliphatic heterocycles. The number of fused-ring (bicyclic) bond motifs is 10. The Morgan fingerprint density at radius 3 is 1.93 bits per heavy atom. The topological polar surface area (TPSA) is 52.9 Å². The highest BCUT2D eigenvalue weighted by Gasteiger charge is 2.25. The fourth-order valence-electron chi connectivity index (χ4n) is 8.64. The summed E-state index contributed by atoms with van der Waals surface area (Å²) < 4.78 is 13.7. The first-order chi connectivity index (χ1) is 27.3. The Morgan fingerprint density at radius 2 is 1.13 bits per heavy atom. The summed E-state index contributed by atoms with van der Waals surface area (Å²) in [6, 6.07) is 61.7. The van der Waals surface area contributed by atoms with E-state index < -0.39 is 0 Å². The van der Waals surface area contributed by atoms with Crippen LogP contribution in [0.15, 0.2) is 187 Å². The van der Waals surface area contributed by atoms with Gasteiger partial charge in [0.15, 0.2) is 5.58 Å². The number of nitrogens with zero attached hydrogens (tertiary/aromatic N) is 5. The van der Waals surface area contributed by atoms with Gasteiger partial charge in [-0.05, 0) is 72.8 Å². The summed E-state index contributed by atoms with van der Waals surface area (Å²) >= 11 is 0. The van der Waals surface area contributed by atoms with Crippen LogP contribution in [0.25, 0.3) is 105 Å². The standard InChI is InChI=1S/C49H30N5O/c1-3-15-31(16-4-1)49-51-48(50-45-27-11-12-28-52(45)49)36-22-14-26-44-46(36)35-21-13-25-41(47(35)55-44)54-40-24-10-8-20-34(40)38-29-37-33-19-7-9-23-39(33)53(42(37)30-43(38)54)32-17-5-2-6-18-32/h1-30H/q+1. The molecule has 0 spiro atoms. The molecule has 12 rings (SSSR count). The summed E-state index contributed by atoms with van der Waals surface area (Å²) in [5, 5.41) is 6.86. The average molecular weight is 705 g/mol. The van der Waals surface area contributed by atoms with Crippen molar-refractivity contribution in [2.45, 2.75) is 0 Å². The Labute approximate surface area is 314 Å². The van der Waals surface area contributed by atoms with Crippen molar-refractivity contribution < 1.29 is 8.82 Å². The second-order valence-corrected chi connectivity index (χ2v) is 14.0. The Bertz CT molecular complexity index is 3490. The monoisotopic (exact) mass is 704 g/mol. The van der Waals surface area contributed by atoms with Gasteiger partial charge in [-0.25, -0.2) is 0 Å². The van der Waals surface area contributed by atoms with Gasteiger partial charge in [0.2, 0.25) is 0 Å². The van der Waals surface area contributed by atoms with Crippen molar-refractivity contribution in [3.63, 3.8) is 0 Å². The quantitative estimate of drug-likeness (QED) is 0.171. The lowest BCUT2D eigenvalue weighted by molar-refractivity contribution is -0.505. The highest BCUT2D eigenvalue weighted by Crippen LogP contribution is 2.43. The van der Waals surface area contributed by atoms with Gasteiger partial charge < -0.3 is 13.6 Å². The summed E-state index contributed by atoms with van der Waals surface area (Å²) in [6.07, 6.45) is 2.01. The van der Waals surface area contributed by atoms with Gasteiger partial charge in [-0.15, -0.1) is 0 Å². The van der Waals surface area contributed by atoms with Gasteiger partial charge in [-0.2, -0.15) is 4.40 Å². The van der Waals surface area contributed by atoms with E-state index in [1.54, 1.807) is 0 Å². The fourth-order valence-corrected chi connectivity index (χ4v) is 8.64. The molecule has 0 N–H and O–H groups in total. The molecule has 6 nitrogen and oxygen atoms in total. The molecule has 12 aromatic rings. The largest absolute Gasteiger partial charge is 0.454 e. The zero-order chi connectivity index (χ0) is 36.0. The van der Waals surface area contributed by atoms with Crippen molar-refractivity contribution in [1.82, 2.24) is 19.1 Å². The Balaban J connectivity index is 1.15. The molecule has 7 aromatic carbocycles. The lowest BCUT2D eigenvalue weighted by Gasteiger charge is -2.10. The molecule has 6 heteroatoms. The Kier molecular flexibility index (Phi) is 6.24. The van der Waals surface area contributed by atoms with E-state index in [-0.39, 0.29) is 0 Å². The van der Waals surface area contributed by atoms with Crippen molar-refractivity contribution in [2.24, 2.45) is 0 Å². The molecule has 55 heavy (non-hydrogen) atoms. The Morgan fingerprint density at radius 1 is 0.473 bits per heavy atom. The second-order valence-electron chi connectivity index (χ2n) is 14.0. The molecule has 0 bridgehead atoms. The maximum absolute atomic E-state index is 6.91. The van der Waals surface area contributed by atoms with Crippen LogP contribution in [-0.4, -0.2) is 19.1 Å². The van der Waals surface area contributed by atoms with Gasteiger partial charge in [0, 0.05) is 44.1 Å². The third-order valence-electron chi connectivity index (χ3n) is 11.0. The molecule has 0 amide bonds. The van der Waals surface area contributed by atoms with E-state index in [4.69, 9.17) is 14.4 Å². The summed E-state index contributed by atoms with van der Waals surface area (Å²) in [5.41, 5.74) is 11.1. The third-order valence-corrected chi connectivity index (χ3v) is 11.0. The van der Waals surface area contributed by atoms with E-state index in [9.17, 15) is 0 Å². The van der Waals surface area contributed by atoms with Gasteiger partial charge in [-0.1, -0.05) is 107 Å². The first-order valence-corrected chi connectivity index (χ1v) is 18.5. The molecule has 0 unspecified atom stereocenters. The van der Waals surface area contributed by atoms with Gasteiger partial charge >= 0.3 is 5.82 Å². The number of hydrogen-bond donors (Lipinski definition) is 0. The van der Waals surface area contributed by atoms with Gasteiger partial charge in [0.25, 0.3) is 11.5 Å². The summed E-state index contributed by atoms with van der Waals surface area (Å²) in [5.74, 6) is 1.48. The highest BCUT2D eigenvalue weighted by atomic mass is 16.3. The summed E-state index contributed by atoms with van der Waals surface area (Å²) in [7, 11) is 0. The number of hydrogen-bond acceptors (Lipinski definition) is 3. The van der Waals surface area contributed by atoms with Gasteiger partial charge in [0.05, 0.1) is 45.1 Å². The van der Waals surface area contributed by atoms with E-state index in [1.165, 1.54) is 27.1 Å². The predicted octanol–water partition coefficient (Wildman–Crippen LogP) is 11.6. The van der Waals surface area contributed by atoms with Crippen LogP contribution in [0, 0.1) is 0 Å². The molecule has 5 heterocycles. The van der Waals surface area contributed by atoms with Crippen molar-refractivity contribution in [2.75, 3.05) is 0 Å². The van der Waals surface area contributed by atoms with Gasteiger partial charge in [-0.3, -0.25) is 0 Å². The van der Waals surface area contributed by atoms with Crippen molar-refractivity contribution >= 4 is 71.2 Å². The molecule has 0 atom stereocenters. The Hall–Kier alpha value is -7.57. The molecule has 0 saturated heterocycles. The third kappa shape index (κ3) is 4.33. The number of furan rings is 1. The minimum absolute atomic E-state index is 0.650. The number of para-hydroxylation sites is 4. The minimum atomic E-state index is 0.650. The van der Waals surface area contributed by atoms with Crippen LogP contribution in [0.1, 0.15) is 0 Å². The predicted molar refractivity (Wildman–Crippen MR) is 222 cm³/mol. The number of benzene rings is 7. The summed E-state index contributed by atoms with van der Waals surface area (Å²) in [4.78, 5) is 10.3. The maximum Gasteiger partial charge on any atom is 0.309 e. The number of pyridine rings is 1. The molecular formula is C49H30N5O+. The highest BCUT2D eigenvalue weighted by molar-refractivity contribution is 6.20. The normalized spacial score (nSPS) is 12.0. The van der Waals surface area contributed by atoms with E-state index in [0.29, 0.717) is 5.82 Å². The van der Waals surface area contributed by atoms with Crippen LogP contribution in [0.2, 0.25) is 0 Å². The first kappa shape index (κ1) is 29.9. The number of aromatic nitrogens is 5. The van der Waals surface area contributed by atoms with Crippen LogP contribution < -0.4 is 4.40 Å². The van der Waals surface area contributed by atoms with Crippen molar-refractivity contribution in [3.8, 4) is 34.2 Å². The van der Waals surface area contributed by atoms with Crippen LogP contribution >= 0.6 is 0 Å². The van der Waals surface area contributed by atoms with E-state index in [2.05, 4.69) is 137 Å². The fraction of sp³-hybridized carbons (Fsp3) is 0. The molecule has 0 radical (unpaired) electrons. The van der Waals surface area contributed by atoms with Crippen LogP contribution in [-0.2, 0) is 0 Å². The molecular weight excluding hydrogens is 675 g/mol. The van der Waals surface area contributed by atoms with E-state index in [1.807, 2.05) is 59.1 Å². The summed E-state index contributed by atoms with van der Waals surface area (Å²) in [6.45, 7) is 0. The van der Waals surface area contributed by atoms with Crippen LogP contribution in [0.5, 0.6) is 0 Å². The lowest BCUT2D eigenvalue weighted by Crippen LogP contribution is -2.27. The zero-order valence-electron chi connectivity index (χ0n) is 29.5. The van der Waals surface area contributed by atoms with Gasteiger partial charge in [0.1, 0.15) is 5.58 Å². The molecule has 256 valence electrons. The SMILES string of the molecule is c1ccc(-c2nc(-c3cccc4oc5c(-n6c7ccccc7c7cc8c9ccccc9n(-c9ccccc9)c8cc76)cccc5c34)nc3cccc[n+]23)cc1. The minimum Gasteiger partial charge on any atom is -0.454 e. The van der Waals surface area contributed by atoms with Crippen LogP contribution in [0.4, 0.5) is 0 Å². The molecule has 5 aromatic heterocycles. The van der Waals surface area contributed by atoms with E-state index in [0.717, 1.165) is 72.5 Å². The molecule has 0 fully saturated rings. The van der Waals surface area contributed by atoms with Crippen molar-refractivity contribution in [3.05, 3.63) is 182 Å². The molecule has 0 saturated carbocycles. The molecule has 0 aliphatic rings. The van der Waals surface area contributed by atoms with Crippen LogP contribution in [0.3, 0.4) is 0 Å². The lowest BCUT2D eigenvalue weighted by atomic mass is 10.0. The first-order valence-electron chi connectivity index (χ1n) is 18.5. The smallest absolute Gasteiger partial charge is 0.309 e. The van der Waals surface area contributed by atoms with Crippen molar-refractivity contribution in [1.29, 1.82) is 0 Å². The molecule has 0 aliphatic carbocycles. The van der Waals surface area contributed by atoms with E-state index >= 15 is 0 Å². The average Bonchev–Trinajstić information content (AvgIpc) is 3.90. The number of rotatable bonds is 4. The maximum atomic E-state index is 6.91. The second kappa shape index (κ2) is 11.5.